The van der Waals surface area contributed by atoms with E-state index in [9.17, 15) is 9.50 Å². The van der Waals surface area contributed by atoms with E-state index in [2.05, 4.69) is 15.0 Å². The van der Waals surface area contributed by atoms with Gasteiger partial charge in [-0.3, -0.25) is 0 Å². The molecule has 4 rings (SSSR count). The summed E-state index contributed by atoms with van der Waals surface area (Å²) in [6.45, 7) is 0.390. The molecule has 0 radical (unpaired) electrons. The zero-order chi connectivity index (χ0) is 16.9. The van der Waals surface area contributed by atoms with Gasteiger partial charge in [0.25, 0.3) is 0 Å². The van der Waals surface area contributed by atoms with Crippen molar-refractivity contribution in [3.05, 3.63) is 17.2 Å². The van der Waals surface area contributed by atoms with Crippen LogP contribution in [-0.4, -0.2) is 46.4 Å². The van der Waals surface area contributed by atoms with E-state index < -0.39 is 5.82 Å². The highest BCUT2D eigenvalue weighted by molar-refractivity contribution is 6.30. The molecule has 128 valence electrons. The van der Waals surface area contributed by atoms with Crippen LogP contribution in [0.5, 0.6) is 6.01 Å². The molecule has 6 nitrogen and oxygen atoms in total. The number of aliphatic hydroxyl groups excluding tert-OH is 1. The van der Waals surface area contributed by atoms with Crippen LogP contribution in [0.4, 0.5) is 10.2 Å². The van der Waals surface area contributed by atoms with Gasteiger partial charge in [0.05, 0.1) is 18.6 Å². The maximum atomic E-state index is 14.4. The topological polar surface area (TPSA) is 71.4 Å². The molecule has 2 aromatic heterocycles. The Balaban J connectivity index is 1.74. The van der Waals surface area contributed by atoms with Gasteiger partial charge >= 0.3 is 6.01 Å². The number of aromatic nitrogens is 3. The average molecular weight is 353 g/mol. The second-order valence-corrected chi connectivity index (χ2v) is 7.10. The fourth-order valence-corrected chi connectivity index (χ4v) is 2.85. The van der Waals surface area contributed by atoms with Crippen molar-refractivity contribution < 1.29 is 14.2 Å². The molecule has 2 saturated carbocycles. The molecule has 0 bridgehead atoms. The van der Waals surface area contributed by atoms with Gasteiger partial charge in [-0.1, -0.05) is 11.6 Å². The molecule has 8 heteroatoms. The average Bonchev–Trinajstić information content (AvgIpc) is 3.49. The fourth-order valence-electron chi connectivity index (χ4n) is 2.71. The number of anilines is 1. The van der Waals surface area contributed by atoms with Gasteiger partial charge in [-0.2, -0.15) is 9.97 Å². The number of aliphatic hydroxyl groups is 1. The summed E-state index contributed by atoms with van der Waals surface area (Å²) in [6.07, 6.45) is 5.48. The highest BCUT2D eigenvalue weighted by Crippen LogP contribution is 2.45. The van der Waals surface area contributed by atoms with Crippen molar-refractivity contribution in [1.82, 2.24) is 15.0 Å². The van der Waals surface area contributed by atoms with Crippen molar-refractivity contribution in [1.29, 1.82) is 0 Å². The Bertz CT molecular complexity index is 795. The fraction of sp³-hybridized carbons (Fsp3) is 0.562. The number of pyridine rings is 1. The van der Waals surface area contributed by atoms with E-state index in [0.29, 0.717) is 23.9 Å². The summed E-state index contributed by atoms with van der Waals surface area (Å²) in [7, 11) is 1.92. The molecule has 0 amide bonds. The van der Waals surface area contributed by atoms with E-state index in [1.165, 1.54) is 6.20 Å². The number of rotatable bonds is 6. The van der Waals surface area contributed by atoms with Gasteiger partial charge in [0, 0.05) is 24.7 Å². The summed E-state index contributed by atoms with van der Waals surface area (Å²) in [5.41, 5.74) is -0.0914. The highest BCUT2D eigenvalue weighted by atomic mass is 35.5. The Labute approximate surface area is 143 Å². The van der Waals surface area contributed by atoms with Gasteiger partial charge in [0.2, 0.25) is 0 Å². The van der Waals surface area contributed by atoms with Crippen LogP contribution in [0.3, 0.4) is 0 Å². The Hall–Kier alpha value is -1.73. The predicted octanol–water partition coefficient (Wildman–Crippen LogP) is 2.57. The summed E-state index contributed by atoms with van der Waals surface area (Å²) < 4.78 is 20.1. The summed E-state index contributed by atoms with van der Waals surface area (Å²) >= 11 is 5.79. The molecule has 2 aliphatic carbocycles. The van der Waals surface area contributed by atoms with E-state index in [1.807, 2.05) is 11.9 Å². The van der Waals surface area contributed by atoms with Gasteiger partial charge in [0.1, 0.15) is 11.3 Å². The minimum atomic E-state index is -0.671. The maximum absolute atomic E-state index is 14.4. The second-order valence-electron chi connectivity index (χ2n) is 6.74. The lowest BCUT2D eigenvalue weighted by atomic mass is 10.1. The van der Waals surface area contributed by atoms with Crippen molar-refractivity contribution in [3.8, 4) is 6.01 Å². The first-order valence-electron chi connectivity index (χ1n) is 8.01. The van der Waals surface area contributed by atoms with Crippen molar-refractivity contribution in [2.75, 3.05) is 25.2 Å². The molecular formula is C16H18ClFN4O2. The van der Waals surface area contributed by atoms with Crippen LogP contribution in [0, 0.1) is 11.2 Å². The lowest BCUT2D eigenvalue weighted by molar-refractivity contribution is 0.140. The molecule has 0 spiro atoms. The summed E-state index contributed by atoms with van der Waals surface area (Å²) in [5, 5.41) is 9.69. The standard InChI is InChI=1S/C16H18ClFN4O2/c1-22(9-2-3-9)14-10-6-19-13(17)11(18)12(10)20-15(21-14)24-8-16(7-23)4-5-16/h6,9,23H,2-5,7-8H2,1H3. The number of fused-ring (bicyclic) bond motifs is 1. The molecular weight excluding hydrogens is 335 g/mol. The zero-order valence-electron chi connectivity index (χ0n) is 13.3. The molecule has 0 unspecified atom stereocenters. The molecule has 0 saturated heterocycles. The van der Waals surface area contributed by atoms with Crippen LogP contribution in [0.15, 0.2) is 6.20 Å². The quantitative estimate of drug-likeness (QED) is 0.806. The van der Waals surface area contributed by atoms with E-state index in [0.717, 1.165) is 25.7 Å². The zero-order valence-corrected chi connectivity index (χ0v) is 14.1. The number of nitrogens with zero attached hydrogens (tertiary/aromatic N) is 4. The molecule has 24 heavy (non-hydrogen) atoms. The third kappa shape index (κ3) is 2.75. The third-order valence-corrected chi connectivity index (χ3v) is 5.09. The van der Waals surface area contributed by atoms with Gasteiger partial charge in [-0.15, -0.1) is 0 Å². The molecule has 2 aliphatic rings. The minimum Gasteiger partial charge on any atom is -0.463 e. The molecule has 1 N–H and O–H groups in total. The van der Waals surface area contributed by atoms with Crippen LogP contribution in [-0.2, 0) is 0 Å². The highest BCUT2D eigenvalue weighted by Gasteiger charge is 2.43. The van der Waals surface area contributed by atoms with E-state index >= 15 is 0 Å². The van der Waals surface area contributed by atoms with Crippen molar-refractivity contribution in [2.45, 2.75) is 31.7 Å². The Morgan fingerprint density at radius 2 is 2.17 bits per heavy atom. The van der Waals surface area contributed by atoms with Gasteiger partial charge in [-0.25, -0.2) is 9.37 Å². The molecule has 2 heterocycles. The molecule has 0 aromatic carbocycles. The predicted molar refractivity (Wildman–Crippen MR) is 88.0 cm³/mol. The lowest BCUT2D eigenvalue weighted by Gasteiger charge is -2.20. The smallest absolute Gasteiger partial charge is 0.319 e. The lowest BCUT2D eigenvalue weighted by Crippen LogP contribution is -2.23. The second kappa shape index (κ2) is 5.67. The van der Waals surface area contributed by atoms with Crippen LogP contribution in [0.1, 0.15) is 25.7 Å². The molecule has 2 aromatic rings. The first-order valence-corrected chi connectivity index (χ1v) is 8.39. The Morgan fingerprint density at radius 3 is 2.79 bits per heavy atom. The van der Waals surface area contributed by atoms with Crippen LogP contribution in [0.25, 0.3) is 10.9 Å². The van der Waals surface area contributed by atoms with E-state index in [-0.39, 0.29) is 28.7 Å². The van der Waals surface area contributed by atoms with Crippen LogP contribution < -0.4 is 9.64 Å². The van der Waals surface area contributed by atoms with Gasteiger partial charge in [-0.05, 0) is 25.7 Å². The molecule has 0 aliphatic heterocycles. The summed E-state index contributed by atoms with van der Waals surface area (Å²) in [6, 6.07) is 0.493. The van der Waals surface area contributed by atoms with Crippen molar-refractivity contribution in [2.24, 2.45) is 5.41 Å². The number of halogens is 2. The van der Waals surface area contributed by atoms with Crippen LogP contribution in [0.2, 0.25) is 5.15 Å². The largest absolute Gasteiger partial charge is 0.463 e. The van der Waals surface area contributed by atoms with Crippen LogP contribution >= 0.6 is 11.6 Å². The molecule has 2 fully saturated rings. The Morgan fingerprint density at radius 1 is 1.42 bits per heavy atom. The van der Waals surface area contributed by atoms with Crippen molar-refractivity contribution >= 4 is 28.3 Å². The van der Waals surface area contributed by atoms with E-state index in [1.54, 1.807) is 0 Å². The SMILES string of the molecule is CN(c1nc(OCC2(CO)CC2)nc2c(F)c(Cl)ncc12)C1CC1. The van der Waals surface area contributed by atoms with E-state index in [4.69, 9.17) is 16.3 Å². The molecule has 0 atom stereocenters. The summed E-state index contributed by atoms with van der Waals surface area (Å²) in [4.78, 5) is 14.5. The van der Waals surface area contributed by atoms with Crippen molar-refractivity contribution in [3.63, 3.8) is 0 Å². The number of ether oxygens (including phenoxy) is 1. The summed E-state index contributed by atoms with van der Waals surface area (Å²) in [5.74, 6) is -0.0791. The van der Waals surface area contributed by atoms with Gasteiger partial charge < -0.3 is 14.7 Å². The number of hydrogen-bond acceptors (Lipinski definition) is 6. The Kier molecular flexibility index (Phi) is 3.73. The third-order valence-electron chi connectivity index (χ3n) is 4.83. The monoisotopic (exact) mass is 352 g/mol. The minimum absolute atomic E-state index is 0.0690. The normalized spacial score (nSPS) is 18.7. The first kappa shape index (κ1) is 15.8. The maximum Gasteiger partial charge on any atom is 0.319 e. The first-order chi connectivity index (χ1) is 11.5. The number of hydrogen-bond donors (Lipinski definition) is 1. The van der Waals surface area contributed by atoms with Gasteiger partial charge in [0.15, 0.2) is 11.0 Å².